The summed E-state index contributed by atoms with van der Waals surface area (Å²) in [6.45, 7) is 5.71. The minimum absolute atomic E-state index is 0.185. The quantitative estimate of drug-likeness (QED) is 0.521. The fourth-order valence-electron chi connectivity index (χ4n) is 1.94. The first-order chi connectivity index (χ1) is 7.97. The van der Waals surface area contributed by atoms with Crippen molar-refractivity contribution in [2.24, 2.45) is 11.3 Å². The number of rotatable bonds is 8. The first kappa shape index (κ1) is 15.9. The van der Waals surface area contributed by atoms with Gasteiger partial charge in [-0.15, -0.1) is 0 Å². The van der Waals surface area contributed by atoms with E-state index in [1.807, 2.05) is 0 Å². The number of carbonyl (C=O) groups is 2. The number of carbonyl (C=O) groups excluding carboxylic acids is 1. The van der Waals surface area contributed by atoms with Crippen molar-refractivity contribution in [3.8, 4) is 0 Å². The van der Waals surface area contributed by atoms with Crippen molar-refractivity contribution in [3.05, 3.63) is 0 Å². The topological polar surface area (TPSA) is 72.8 Å². The van der Waals surface area contributed by atoms with E-state index in [1.54, 1.807) is 27.9 Å². The molecule has 0 saturated heterocycles. The highest BCUT2D eigenvalue weighted by Gasteiger charge is 2.50. The summed E-state index contributed by atoms with van der Waals surface area (Å²) in [7, 11) is 1.55. The Kier molecular flexibility index (Phi) is 6.80. The van der Waals surface area contributed by atoms with Crippen LogP contribution in [0.1, 0.15) is 33.6 Å². The van der Waals surface area contributed by atoms with Gasteiger partial charge in [0.25, 0.3) is 0 Å². The molecule has 0 aromatic heterocycles. The second-order valence-corrected chi connectivity index (χ2v) is 4.03. The van der Waals surface area contributed by atoms with Gasteiger partial charge in [-0.05, 0) is 25.7 Å². The summed E-state index contributed by atoms with van der Waals surface area (Å²) in [6.07, 6.45) is 0.724. The maximum absolute atomic E-state index is 11.9. The molecule has 1 N–H and O–H groups in total. The standard InChI is InChI=1S/C12H22O5/c1-5-12(10(13)14,11(15)17-6-2)9(3)7-8-16-4/h9H,5-8H2,1-4H3,(H,13,14). The van der Waals surface area contributed by atoms with Crippen molar-refractivity contribution in [1.82, 2.24) is 0 Å². The largest absolute Gasteiger partial charge is 0.480 e. The van der Waals surface area contributed by atoms with Crippen molar-refractivity contribution in [3.63, 3.8) is 0 Å². The molecule has 0 heterocycles. The molecule has 0 aromatic carbocycles. The van der Waals surface area contributed by atoms with Crippen LogP contribution in [-0.4, -0.2) is 37.4 Å². The zero-order chi connectivity index (χ0) is 13.5. The van der Waals surface area contributed by atoms with Gasteiger partial charge in [-0.25, -0.2) is 0 Å². The Labute approximate surface area is 102 Å². The maximum atomic E-state index is 11.9. The van der Waals surface area contributed by atoms with Gasteiger partial charge in [0.05, 0.1) is 6.61 Å². The minimum Gasteiger partial charge on any atom is -0.480 e. The molecule has 0 aliphatic heterocycles. The molecule has 0 aromatic rings. The number of methoxy groups -OCH3 is 1. The molecule has 0 aliphatic carbocycles. The van der Waals surface area contributed by atoms with E-state index in [9.17, 15) is 14.7 Å². The van der Waals surface area contributed by atoms with Crippen molar-refractivity contribution in [1.29, 1.82) is 0 Å². The molecule has 2 unspecified atom stereocenters. The van der Waals surface area contributed by atoms with Crippen LogP contribution in [0.3, 0.4) is 0 Å². The number of hydrogen-bond acceptors (Lipinski definition) is 4. The van der Waals surface area contributed by atoms with Gasteiger partial charge in [-0.3, -0.25) is 9.59 Å². The highest BCUT2D eigenvalue weighted by molar-refractivity contribution is 5.99. The Morgan fingerprint density at radius 1 is 1.35 bits per heavy atom. The van der Waals surface area contributed by atoms with Crippen molar-refractivity contribution < 1.29 is 24.2 Å². The average molecular weight is 246 g/mol. The predicted molar refractivity (Wildman–Crippen MR) is 62.6 cm³/mol. The third-order valence-electron chi connectivity index (χ3n) is 3.18. The molecule has 100 valence electrons. The summed E-state index contributed by atoms with van der Waals surface area (Å²) in [5.74, 6) is -2.11. The fraction of sp³-hybridized carbons (Fsp3) is 0.833. The van der Waals surface area contributed by atoms with E-state index < -0.39 is 17.4 Å². The molecule has 0 bridgehead atoms. The molecule has 5 nitrogen and oxygen atoms in total. The van der Waals surface area contributed by atoms with Gasteiger partial charge in [0, 0.05) is 13.7 Å². The summed E-state index contributed by atoms with van der Waals surface area (Å²) >= 11 is 0. The van der Waals surface area contributed by atoms with Gasteiger partial charge in [0.15, 0.2) is 5.41 Å². The van der Waals surface area contributed by atoms with Gasteiger partial charge in [-0.1, -0.05) is 13.8 Å². The second-order valence-electron chi connectivity index (χ2n) is 4.03. The van der Waals surface area contributed by atoms with Crippen LogP contribution in [0.4, 0.5) is 0 Å². The molecule has 0 amide bonds. The number of esters is 1. The molecule has 0 fully saturated rings. The Morgan fingerprint density at radius 3 is 2.29 bits per heavy atom. The molecule has 17 heavy (non-hydrogen) atoms. The lowest BCUT2D eigenvalue weighted by atomic mass is 9.72. The Hall–Kier alpha value is -1.10. The molecule has 5 heteroatoms. The Bertz CT molecular complexity index is 264. The number of carboxylic acid groups (broad SMARTS) is 1. The van der Waals surface area contributed by atoms with Crippen LogP contribution in [0, 0.1) is 11.3 Å². The van der Waals surface area contributed by atoms with Crippen LogP contribution < -0.4 is 0 Å². The van der Waals surface area contributed by atoms with Gasteiger partial charge >= 0.3 is 11.9 Å². The summed E-state index contributed by atoms with van der Waals surface area (Å²) in [4.78, 5) is 23.3. The summed E-state index contributed by atoms with van der Waals surface area (Å²) < 4.78 is 9.83. The van der Waals surface area contributed by atoms with Crippen LogP contribution in [0.25, 0.3) is 0 Å². The number of carboxylic acids is 1. The highest BCUT2D eigenvalue weighted by atomic mass is 16.5. The average Bonchev–Trinajstić information content (AvgIpc) is 2.27. The second kappa shape index (κ2) is 7.27. The fourth-order valence-corrected chi connectivity index (χ4v) is 1.94. The van der Waals surface area contributed by atoms with Crippen LogP contribution in [-0.2, 0) is 19.1 Å². The van der Waals surface area contributed by atoms with E-state index in [1.165, 1.54) is 0 Å². The first-order valence-electron chi connectivity index (χ1n) is 5.86. The van der Waals surface area contributed by atoms with Crippen molar-refractivity contribution in [2.45, 2.75) is 33.6 Å². The molecule has 0 spiro atoms. The third-order valence-corrected chi connectivity index (χ3v) is 3.18. The molecular formula is C12H22O5. The monoisotopic (exact) mass is 246 g/mol. The molecule has 0 saturated carbocycles. The Morgan fingerprint density at radius 2 is 1.94 bits per heavy atom. The van der Waals surface area contributed by atoms with E-state index in [0.29, 0.717) is 13.0 Å². The van der Waals surface area contributed by atoms with Crippen molar-refractivity contribution in [2.75, 3.05) is 20.3 Å². The Balaban J connectivity index is 5.06. The lowest BCUT2D eigenvalue weighted by molar-refractivity contribution is -0.173. The maximum Gasteiger partial charge on any atom is 0.323 e. The SMILES string of the molecule is CCOC(=O)C(CC)(C(=O)O)C(C)CCOC. The van der Waals surface area contributed by atoms with E-state index >= 15 is 0 Å². The number of aliphatic carboxylic acids is 1. The smallest absolute Gasteiger partial charge is 0.323 e. The molecule has 0 aliphatic rings. The van der Waals surface area contributed by atoms with Gasteiger partial charge in [-0.2, -0.15) is 0 Å². The summed E-state index contributed by atoms with van der Waals surface area (Å²) in [5.41, 5.74) is -1.46. The van der Waals surface area contributed by atoms with E-state index in [4.69, 9.17) is 9.47 Å². The number of hydrogen-bond donors (Lipinski definition) is 1. The van der Waals surface area contributed by atoms with Gasteiger partial charge in [0.1, 0.15) is 0 Å². The van der Waals surface area contributed by atoms with Crippen molar-refractivity contribution >= 4 is 11.9 Å². The zero-order valence-electron chi connectivity index (χ0n) is 11.0. The van der Waals surface area contributed by atoms with E-state index in [-0.39, 0.29) is 18.9 Å². The lowest BCUT2D eigenvalue weighted by Gasteiger charge is -2.31. The van der Waals surface area contributed by atoms with Gasteiger partial charge in [0.2, 0.25) is 0 Å². The summed E-state index contributed by atoms with van der Waals surface area (Å²) in [6, 6.07) is 0. The summed E-state index contributed by atoms with van der Waals surface area (Å²) in [5, 5.41) is 9.35. The van der Waals surface area contributed by atoms with E-state index in [0.717, 1.165) is 0 Å². The van der Waals surface area contributed by atoms with Crippen LogP contribution in [0.2, 0.25) is 0 Å². The normalized spacial score (nSPS) is 16.0. The minimum atomic E-state index is -1.46. The molecule has 0 rings (SSSR count). The van der Waals surface area contributed by atoms with Crippen LogP contribution in [0.5, 0.6) is 0 Å². The number of ether oxygens (including phenoxy) is 2. The zero-order valence-corrected chi connectivity index (χ0v) is 11.0. The predicted octanol–water partition coefficient (Wildman–Crippen LogP) is 1.70. The molecule has 2 atom stereocenters. The molecular weight excluding hydrogens is 224 g/mol. The van der Waals surface area contributed by atoms with Crippen LogP contribution in [0.15, 0.2) is 0 Å². The van der Waals surface area contributed by atoms with Gasteiger partial charge < -0.3 is 14.6 Å². The van der Waals surface area contributed by atoms with Crippen LogP contribution >= 0.6 is 0 Å². The highest BCUT2D eigenvalue weighted by Crippen LogP contribution is 2.35. The van der Waals surface area contributed by atoms with E-state index in [2.05, 4.69) is 0 Å². The third kappa shape index (κ3) is 3.43. The lowest BCUT2D eigenvalue weighted by Crippen LogP contribution is -2.45. The molecule has 0 radical (unpaired) electrons. The first-order valence-corrected chi connectivity index (χ1v) is 5.86.